The van der Waals surface area contributed by atoms with Crippen LogP contribution in [0.4, 0.5) is 11.5 Å². The van der Waals surface area contributed by atoms with Crippen molar-refractivity contribution in [3.63, 3.8) is 0 Å². The summed E-state index contributed by atoms with van der Waals surface area (Å²) >= 11 is 3.54. The van der Waals surface area contributed by atoms with Crippen LogP contribution in [0.25, 0.3) is 11.0 Å². The number of carbonyl (C=O) groups excluding carboxylic acids is 1. The van der Waals surface area contributed by atoms with E-state index in [4.69, 9.17) is 9.72 Å². The van der Waals surface area contributed by atoms with Crippen LogP contribution in [0.1, 0.15) is 24.0 Å². The molecule has 3 aromatic rings. The second-order valence-corrected chi connectivity index (χ2v) is 8.59. The molecule has 7 heteroatoms. The molecule has 0 bridgehead atoms. The van der Waals surface area contributed by atoms with E-state index < -0.39 is 0 Å². The Kier molecular flexibility index (Phi) is 5.90. The Labute approximate surface area is 184 Å². The maximum atomic E-state index is 13.0. The number of benzene rings is 2. The lowest BCUT2D eigenvalue weighted by Gasteiger charge is -2.33. The second kappa shape index (κ2) is 8.60. The Hall–Kier alpha value is -2.67. The minimum absolute atomic E-state index is 0.0391. The van der Waals surface area contributed by atoms with Crippen LogP contribution in [-0.4, -0.2) is 36.1 Å². The van der Waals surface area contributed by atoms with Crippen molar-refractivity contribution in [2.45, 2.75) is 26.7 Å². The molecule has 1 saturated heterocycles. The van der Waals surface area contributed by atoms with Gasteiger partial charge in [-0.25, -0.2) is 9.97 Å². The Morgan fingerprint density at radius 2 is 1.90 bits per heavy atom. The molecule has 0 saturated carbocycles. The van der Waals surface area contributed by atoms with Crippen molar-refractivity contribution < 1.29 is 9.53 Å². The van der Waals surface area contributed by atoms with E-state index >= 15 is 0 Å². The molecule has 1 amide bonds. The summed E-state index contributed by atoms with van der Waals surface area (Å²) in [6.07, 6.45) is 1.76. The highest BCUT2D eigenvalue weighted by Crippen LogP contribution is 2.31. The summed E-state index contributed by atoms with van der Waals surface area (Å²) in [7, 11) is 1.61. The number of methoxy groups -OCH3 is 1. The maximum Gasteiger partial charge on any atom is 0.257 e. The number of amides is 1. The number of aryl methyl sites for hydroxylation is 2. The van der Waals surface area contributed by atoms with Gasteiger partial charge in [-0.15, -0.1) is 0 Å². The largest absolute Gasteiger partial charge is 0.478 e. The fraction of sp³-hybridized carbons (Fsp3) is 0.348. The van der Waals surface area contributed by atoms with Crippen LogP contribution in [-0.2, 0) is 4.79 Å². The van der Waals surface area contributed by atoms with E-state index in [-0.39, 0.29) is 11.8 Å². The molecule has 0 spiro atoms. The third-order valence-corrected chi connectivity index (χ3v) is 6.42. The monoisotopic (exact) mass is 468 g/mol. The van der Waals surface area contributed by atoms with Gasteiger partial charge in [-0.2, -0.15) is 0 Å². The molecule has 30 heavy (non-hydrogen) atoms. The zero-order valence-corrected chi connectivity index (χ0v) is 19.0. The van der Waals surface area contributed by atoms with Crippen LogP contribution in [0.5, 0.6) is 5.88 Å². The van der Waals surface area contributed by atoms with E-state index in [1.54, 1.807) is 7.11 Å². The molecule has 2 aromatic carbocycles. The topological polar surface area (TPSA) is 67.4 Å². The van der Waals surface area contributed by atoms with Crippen molar-refractivity contribution in [2.75, 3.05) is 30.4 Å². The van der Waals surface area contributed by atoms with E-state index in [0.29, 0.717) is 18.2 Å². The number of hydrogen-bond acceptors (Lipinski definition) is 5. The molecule has 1 atom stereocenters. The quantitative estimate of drug-likeness (QED) is 0.591. The molecular formula is C23H25BrN4O2. The van der Waals surface area contributed by atoms with E-state index in [2.05, 4.69) is 31.1 Å². The fourth-order valence-corrected chi connectivity index (χ4v) is 4.31. The van der Waals surface area contributed by atoms with E-state index in [1.807, 2.05) is 50.2 Å². The van der Waals surface area contributed by atoms with Gasteiger partial charge in [0.15, 0.2) is 5.82 Å². The van der Waals surface area contributed by atoms with Gasteiger partial charge in [0, 0.05) is 23.2 Å². The number of para-hydroxylation sites is 2. The minimum Gasteiger partial charge on any atom is -0.478 e. The summed E-state index contributed by atoms with van der Waals surface area (Å²) in [6.45, 7) is 5.43. The summed E-state index contributed by atoms with van der Waals surface area (Å²) in [5.41, 5.74) is 4.61. The summed E-state index contributed by atoms with van der Waals surface area (Å²) in [5.74, 6) is 1.11. The first-order valence-corrected chi connectivity index (χ1v) is 10.9. The average molecular weight is 469 g/mol. The molecule has 4 rings (SSSR count). The van der Waals surface area contributed by atoms with Crippen molar-refractivity contribution in [3.8, 4) is 5.88 Å². The van der Waals surface area contributed by atoms with Crippen LogP contribution in [0.3, 0.4) is 0 Å². The van der Waals surface area contributed by atoms with Crippen LogP contribution < -0.4 is 15.0 Å². The van der Waals surface area contributed by atoms with Crippen molar-refractivity contribution in [1.82, 2.24) is 9.97 Å². The number of halogens is 1. The molecule has 1 aliphatic heterocycles. The molecule has 1 fully saturated rings. The van der Waals surface area contributed by atoms with E-state index in [0.717, 1.165) is 51.7 Å². The SMILES string of the molecule is COc1nc2ccccc2nc1N1CCC[C@H](C(=O)Nc2cc(C)c(Br)cc2C)C1. The number of nitrogens with one attached hydrogen (secondary N) is 1. The number of hydrogen-bond donors (Lipinski definition) is 1. The van der Waals surface area contributed by atoms with E-state index in [9.17, 15) is 4.79 Å². The minimum atomic E-state index is -0.125. The van der Waals surface area contributed by atoms with E-state index in [1.165, 1.54) is 0 Å². The highest BCUT2D eigenvalue weighted by Gasteiger charge is 2.29. The van der Waals surface area contributed by atoms with Crippen molar-refractivity contribution in [1.29, 1.82) is 0 Å². The number of ether oxygens (including phenoxy) is 1. The Morgan fingerprint density at radius 1 is 1.17 bits per heavy atom. The van der Waals surface area contributed by atoms with Crippen molar-refractivity contribution >= 4 is 44.4 Å². The summed E-state index contributed by atoms with van der Waals surface area (Å²) in [5, 5.41) is 3.12. The lowest BCUT2D eigenvalue weighted by atomic mass is 9.96. The lowest BCUT2D eigenvalue weighted by molar-refractivity contribution is -0.120. The predicted molar refractivity (Wildman–Crippen MR) is 123 cm³/mol. The molecule has 0 unspecified atom stereocenters. The number of nitrogens with zero attached hydrogens (tertiary/aromatic N) is 3. The molecule has 1 aliphatic rings. The number of aromatic nitrogens is 2. The molecular weight excluding hydrogens is 444 g/mol. The number of piperidine rings is 1. The van der Waals surface area contributed by atoms with Gasteiger partial charge in [-0.3, -0.25) is 4.79 Å². The van der Waals surface area contributed by atoms with Gasteiger partial charge in [0.1, 0.15) is 0 Å². The Bertz CT molecular complexity index is 1100. The molecule has 1 N–H and O–H groups in total. The first-order chi connectivity index (χ1) is 14.5. The third-order valence-electron chi connectivity index (χ3n) is 5.57. The molecule has 0 radical (unpaired) electrons. The van der Waals surface area contributed by atoms with Crippen LogP contribution in [0.2, 0.25) is 0 Å². The molecule has 156 valence electrons. The standard InChI is InChI=1S/C23H25BrN4O2/c1-14-12-20(15(2)11-17(14)24)26-22(29)16-7-6-10-28(13-16)21-23(30-3)27-19-9-5-4-8-18(19)25-21/h4-5,8-9,11-12,16H,6-7,10,13H2,1-3H3,(H,26,29)/t16-/m0/s1. The molecule has 6 nitrogen and oxygen atoms in total. The number of carbonyl (C=O) groups is 1. The predicted octanol–water partition coefficient (Wildman–Crippen LogP) is 4.87. The van der Waals surface area contributed by atoms with Crippen LogP contribution >= 0.6 is 15.9 Å². The Morgan fingerprint density at radius 3 is 2.63 bits per heavy atom. The van der Waals surface area contributed by atoms with Gasteiger partial charge >= 0.3 is 0 Å². The zero-order valence-electron chi connectivity index (χ0n) is 17.4. The molecule has 0 aliphatic carbocycles. The third kappa shape index (κ3) is 4.12. The first-order valence-electron chi connectivity index (χ1n) is 10.1. The normalized spacial score (nSPS) is 16.5. The van der Waals surface area contributed by atoms with Gasteiger partial charge in [0.25, 0.3) is 5.88 Å². The second-order valence-electron chi connectivity index (χ2n) is 7.74. The maximum absolute atomic E-state index is 13.0. The van der Waals surface area contributed by atoms with Gasteiger partial charge in [0.2, 0.25) is 5.91 Å². The van der Waals surface area contributed by atoms with Gasteiger partial charge in [-0.05, 0) is 62.1 Å². The average Bonchev–Trinajstić information content (AvgIpc) is 2.76. The van der Waals surface area contributed by atoms with Crippen LogP contribution in [0, 0.1) is 19.8 Å². The van der Waals surface area contributed by atoms with Gasteiger partial charge in [-0.1, -0.05) is 28.1 Å². The van der Waals surface area contributed by atoms with Crippen LogP contribution in [0.15, 0.2) is 40.9 Å². The highest BCUT2D eigenvalue weighted by molar-refractivity contribution is 9.10. The number of rotatable bonds is 4. The molecule has 2 heterocycles. The Balaban J connectivity index is 1.55. The summed E-state index contributed by atoms with van der Waals surface area (Å²) in [4.78, 5) is 24.5. The lowest BCUT2D eigenvalue weighted by Crippen LogP contribution is -2.41. The first kappa shape index (κ1) is 20.6. The summed E-state index contributed by atoms with van der Waals surface area (Å²) < 4.78 is 6.56. The fourth-order valence-electron chi connectivity index (χ4n) is 3.85. The zero-order chi connectivity index (χ0) is 21.3. The smallest absolute Gasteiger partial charge is 0.257 e. The number of anilines is 2. The van der Waals surface area contributed by atoms with Gasteiger partial charge < -0.3 is 15.0 Å². The van der Waals surface area contributed by atoms with Crippen molar-refractivity contribution in [2.24, 2.45) is 5.92 Å². The number of fused-ring (bicyclic) bond motifs is 1. The van der Waals surface area contributed by atoms with Crippen molar-refractivity contribution in [3.05, 3.63) is 52.0 Å². The van der Waals surface area contributed by atoms with Gasteiger partial charge in [0.05, 0.1) is 24.1 Å². The summed E-state index contributed by atoms with van der Waals surface area (Å²) in [6, 6.07) is 11.8. The highest BCUT2D eigenvalue weighted by atomic mass is 79.9. The molecule has 1 aromatic heterocycles.